The average molecular weight is 525 g/mol. The Morgan fingerprint density at radius 2 is 1.86 bits per heavy atom. The van der Waals surface area contributed by atoms with Crippen molar-refractivity contribution < 1.29 is 13.6 Å². The minimum absolute atomic E-state index is 0.0585. The molecule has 11 heteroatoms. The fraction of sp³-hybridized carbons (Fsp3) is 0.308. The van der Waals surface area contributed by atoms with E-state index in [0.717, 1.165) is 47.7 Å². The van der Waals surface area contributed by atoms with Gasteiger partial charge >= 0.3 is 0 Å². The van der Waals surface area contributed by atoms with Gasteiger partial charge in [0.25, 0.3) is 11.5 Å². The van der Waals surface area contributed by atoms with Gasteiger partial charge in [0.1, 0.15) is 17.2 Å². The number of carbonyl (C=O) groups excluding carboxylic acids is 1. The first-order valence-electron chi connectivity index (χ1n) is 11.9. The largest absolute Gasteiger partial charge is 0.334 e. The minimum atomic E-state index is -0.972. The van der Waals surface area contributed by atoms with Gasteiger partial charge in [0.05, 0.1) is 5.69 Å². The maximum absolute atomic E-state index is 15.6. The highest BCUT2D eigenvalue weighted by molar-refractivity contribution is 8.03. The van der Waals surface area contributed by atoms with Crippen molar-refractivity contribution in [3.63, 3.8) is 0 Å². The molecule has 0 unspecified atom stereocenters. The molecule has 3 heterocycles. The maximum Gasteiger partial charge on any atom is 0.290 e. The van der Waals surface area contributed by atoms with Crippen molar-refractivity contribution in [2.75, 3.05) is 16.4 Å². The first kappa shape index (κ1) is 24.9. The predicted octanol–water partition coefficient (Wildman–Crippen LogP) is 4.95. The number of thioether (sulfide) groups is 1. The molecule has 0 bridgehead atoms. The topological polar surface area (TPSA) is 93.8 Å². The highest BCUT2D eigenvalue weighted by Gasteiger charge is 2.24. The van der Waals surface area contributed by atoms with Crippen LogP contribution in [0.2, 0.25) is 0 Å². The van der Waals surface area contributed by atoms with Gasteiger partial charge in [0, 0.05) is 42.7 Å². The van der Waals surface area contributed by atoms with Crippen LogP contribution in [0.5, 0.6) is 0 Å². The quantitative estimate of drug-likeness (QED) is 0.491. The summed E-state index contributed by atoms with van der Waals surface area (Å²) >= 11 is 1.62. The molecule has 2 N–H and O–H groups in total. The molecule has 2 aliphatic rings. The number of halogens is 2. The molecule has 0 atom stereocenters. The van der Waals surface area contributed by atoms with E-state index >= 15 is 4.39 Å². The smallest absolute Gasteiger partial charge is 0.290 e. The van der Waals surface area contributed by atoms with Crippen molar-refractivity contribution in [2.45, 2.75) is 32.6 Å². The van der Waals surface area contributed by atoms with E-state index in [4.69, 9.17) is 0 Å². The Morgan fingerprint density at radius 3 is 2.62 bits per heavy atom. The number of rotatable bonds is 5. The molecule has 0 spiro atoms. The van der Waals surface area contributed by atoms with Crippen molar-refractivity contribution >= 4 is 34.9 Å². The molecule has 0 saturated carbocycles. The lowest BCUT2D eigenvalue weighted by molar-refractivity contribution is -0.112. The lowest BCUT2D eigenvalue weighted by Crippen LogP contribution is -2.23. The Bertz CT molecular complexity index is 1520. The predicted molar refractivity (Wildman–Crippen MR) is 141 cm³/mol. The van der Waals surface area contributed by atoms with Crippen LogP contribution < -0.4 is 16.2 Å². The summed E-state index contributed by atoms with van der Waals surface area (Å²) in [6.07, 6.45) is 5.98. The summed E-state index contributed by atoms with van der Waals surface area (Å²) in [5, 5.41) is 13.8. The van der Waals surface area contributed by atoms with Gasteiger partial charge in [0.2, 0.25) is 0 Å². The Kier molecular flexibility index (Phi) is 6.72. The SMILES string of the molecule is Cc1cc(Nc2cc(-c3ccc(F)c(NC(=O)C4=CC5=C(CCCC5)SC4)c3F)nn(C)c2=O)nn1C. The monoisotopic (exact) mass is 524 g/mol. The summed E-state index contributed by atoms with van der Waals surface area (Å²) in [5.41, 5.74) is 1.66. The number of nitrogens with zero attached hydrogens (tertiary/aromatic N) is 4. The zero-order valence-electron chi connectivity index (χ0n) is 20.7. The molecule has 3 aromatic rings. The zero-order valence-corrected chi connectivity index (χ0v) is 21.5. The van der Waals surface area contributed by atoms with Crippen LogP contribution in [-0.2, 0) is 18.9 Å². The lowest BCUT2D eigenvalue weighted by atomic mass is 9.97. The Morgan fingerprint density at radius 1 is 1.08 bits per heavy atom. The number of nitrogens with one attached hydrogen (secondary N) is 2. The summed E-state index contributed by atoms with van der Waals surface area (Å²) in [5.74, 6) is -1.51. The van der Waals surface area contributed by atoms with E-state index in [1.54, 1.807) is 29.6 Å². The number of aromatic nitrogens is 4. The molecule has 0 radical (unpaired) electrons. The van der Waals surface area contributed by atoms with Gasteiger partial charge in [-0.15, -0.1) is 11.8 Å². The Balaban J connectivity index is 1.46. The molecule has 8 nitrogen and oxygen atoms in total. The number of hydrogen-bond donors (Lipinski definition) is 2. The fourth-order valence-electron chi connectivity index (χ4n) is 4.41. The molecule has 0 saturated heterocycles. The normalized spacial score (nSPS) is 15.3. The maximum atomic E-state index is 15.6. The van der Waals surface area contributed by atoms with Gasteiger partial charge in [-0.05, 0) is 67.4 Å². The van der Waals surface area contributed by atoms with Crippen LogP contribution in [0, 0.1) is 18.6 Å². The van der Waals surface area contributed by atoms with Gasteiger partial charge in [-0.2, -0.15) is 10.2 Å². The van der Waals surface area contributed by atoms with Crippen molar-refractivity contribution in [3.8, 4) is 11.3 Å². The molecule has 192 valence electrons. The number of aryl methyl sites for hydroxylation is 3. The van der Waals surface area contributed by atoms with Gasteiger partial charge in [-0.25, -0.2) is 13.5 Å². The van der Waals surface area contributed by atoms with Crippen LogP contribution in [0.25, 0.3) is 11.3 Å². The fourth-order valence-corrected chi connectivity index (χ4v) is 5.59. The third-order valence-corrected chi connectivity index (χ3v) is 7.82. The number of benzene rings is 1. The van der Waals surface area contributed by atoms with E-state index in [0.29, 0.717) is 17.1 Å². The Labute approximate surface area is 216 Å². The van der Waals surface area contributed by atoms with Crippen LogP contribution in [-0.4, -0.2) is 31.2 Å². The summed E-state index contributed by atoms with van der Waals surface area (Å²) in [6.45, 7) is 1.87. The third kappa shape index (κ3) is 4.95. The number of amides is 1. The number of hydrogen-bond acceptors (Lipinski definition) is 6. The number of anilines is 3. The summed E-state index contributed by atoms with van der Waals surface area (Å²) < 4.78 is 33.0. The molecular weight excluding hydrogens is 498 g/mol. The van der Waals surface area contributed by atoms with E-state index in [-0.39, 0.29) is 16.9 Å². The summed E-state index contributed by atoms with van der Waals surface area (Å²) in [7, 11) is 3.21. The molecule has 2 aromatic heterocycles. The van der Waals surface area contributed by atoms with Crippen LogP contribution in [0.3, 0.4) is 0 Å². The van der Waals surface area contributed by atoms with Crippen LogP contribution >= 0.6 is 11.8 Å². The number of carbonyl (C=O) groups is 1. The van der Waals surface area contributed by atoms with Gasteiger partial charge in [-0.1, -0.05) is 0 Å². The van der Waals surface area contributed by atoms with Gasteiger partial charge in [-0.3, -0.25) is 14.3 Å². The summed E-state index contributed by atoms with van der Waals surface area (Å²) in [6, 6.07) is 5.44. The molecule has 1 amide bonds. The van der Waals surface area contributed by atoms with Crippen molar-refractivity contribution in [1.82, 2.24) is 19.6 Å². The zero-order chi connectivity index (χ0) is 26.3. The van der Waals surface area contributed by atoms with Gasteiger partial charge in [0.15, 0.2) is 11.6 Å². The molecular formula is C26H26F2N6O2S. The van der Waals surface area contributed by atoms with Crippen LogP contribution in [0.1, 0.15) is 31.4 Å². The highest BCUT2D eigenvalue weighted by Crippen LogP contribution is 2.39. The first-order chi connectivity index (χ1) is 17.7. The summed E-state index contributed by atoms with van der Waals surface area (Å²) in [4.78, 5) is 26.9. The molecule has 5 rings (SSSR count). The van der Waals surface area contributed by atoms with Crippen molar-refractivity contribution in [1.29, 1.82) is 0 Å². The van der Waals surface area contributed by atoms with Crippen LogP contribution in [0.15, 0.2) is 51.2 Å². The second-order valence-electron chi connectivity index (χ2n) is 9.14. The lowest BCUT2D eigenvalue weighted by Gasteiger charge is -2.23. The standard InChI is InChI=1S/C26H26F2N6O2S/c1-14-10-22(32-33(14)2)29-20-12-19(31-34(3)26(20)36)17-8-9-18(27)24(23(17)28)30-25(35)16-11-15-6-4-5-7-21(15)37-13-16/h8-12H,4-7,13H2,1-3H3,(H,29,32)(H,30,35). The number of allylic oxidation sites excluding steroid dienone is 3. The third-order valence-electron chi connectivity index (χ3n) is 6.55. The molecule has 1 aromatic carbocycles. The van der Waals surface area contributed by atoms with E-state index in [2.05, 4.69) is 20.8 Å². The van der Waals surface area contributed by atoms with E-state index < -0.39 is 28.8 Å². The average Bonchev–Trinajstić information content (AvgIpc) is 3.20. The van der Waals surface area contributed by atoms with Crippen molar-refractivity contribution in [2.24, 2.45) is 14.1 Å². The first-order valence-corrected chi connectivity index (χ1v) is 12.9. The molecule has 1 aliphatic heterocycles. The molecule has 37 heavy (non-hydrogen) atoms. The second kappa shape index (κ2) is 9.97. The van der Waals surface area contributed by atoms with E-state index in [9.17, 15) is 14.0 Å². The molecule has 1 aliphatic carbocycles. The molecule has 0 fully saturated rings. The minimum Gasteiger partial charge on any atom is -0.334 e. The Hall–Kier alpha value is -3.73. The van der Waals surface area contributed by atoms with Gasteiger partial charge < -0.3 is 10.6 Å². The second-order valence-corrected chi connectivity index (χ2v) is 10.2. The van der Waals surface area contributed by atoms with E-state index in [1.807, 2.05) is 13.0 Å². The highest BCUT2D eigenvalue weighted by atomic mass is 32.2. The van der Waals surface area contributed by atoms with E-state index in [1.165, 1.54) is 24.1 Å². The van der Waals surface area contributed by atoms with Crippen molar-refractivity contribution in [3.05, 3.63) is 74.1 Å². The van der Waals surface area contributed by atoms with Crippen LogP contribution in [0.4, 0.5) is 26.0 Å².